The number of anilines is 2. The SMILES string of the molecule is Nc1nc(NC2CC2)c2ncn(C[C@@H]3C[C@H](P(=O)(O)O)O[C@@H]3Cl)c2n1. The van der Waals surface area contributed by atoms with Crippen LogP contribution in [0.1, 0.15) is 19.3 Å². The number of imidazole rings is 1. The second-order valence-electron chi connectivity index (χ2n) is 6.44. The maximum atomic E-state index is 11.4. The van der Waals surface area contributed by atoms with E-state index >= 15 is 0 Å². The molecule has 0 radical (unpaired) electrons. The average Bonchev–Trinajstić information content (AvgIpc) is 3.12. The molecule has 0 amide bonds. The molecule has 4 rings (SSSR count). The number of nitrogens with zero attached hydrogens (tertiary/aromatic N) is 4. The number of rotatable bonds is 5. The van der Waals surface area contributed by atoms with Crippen molar-refractivity contribution < 1.29 is 19.1 Å². The Balaban J connectivity index is 1.59. The molecule has 1 saturated heterocycles. The standard InChI is InChI=1S/C13H18ClN6O4P/c14-10-6(3-8(24-10)25(21,22)23)4-20-5-16-9-11(17-7-1-2-7)18-13(15)19-12(9)20/h5-8,10H,1-4H2,(H2,21,22,23)(H3,15,17,18,19)/t6-,8-,10-/m0/s1. The normalized spacial score (nSPS) is 27.1. The van der Waals surface area contributed by atoms with Crippen LogP contribution in [0, 0.1) is 5.92 Å². The van der Waals surface area contributed by atoms with Gasteiger partial charge in [-0.3, -0.25) is 4.57 Å². The fourth-order valence-electron chi connectivity index (χ4n) is 2.93. The summed E-state index contributed by atoms with van der Waals surface area (Å²) in [5, 5.41) is 3.28. The molecule has 1 saturated carbocycles. The summed E-state index contributed by atoms with van der Waals surface area (Å²) in [6.45, 7) is 0.362. The van der Waals surface area contributed by atoms with Gasteiger partial charge in [0.25, 0.3) is 0 Å². The predicted molar refractivity (Wildman–Crippen MR) is 91.0 cm³/mol. The average molecular weight is 389 g/mol. The number of ether oxygens (including phenoxy) is 1. The van der Waals surface area contributed by atoms with Crippen LogP contribution in [0.15, 0.2) is 6.33 Å². The number of alkyl halides is 1. The van der Waals surface area contributed by atoms with E-state index in [2.05, 4.69) is 20.3 Å². The summed E-state index contributed by atoms with van der Waals surface area (Å²) in [4.78, 5) is 31.4. The number of aromatic nitrogens is 4. The van der Waals surface area contributed by atoms with Gasteiger partial charge in [0, 0.05) is 18.5 Å². The second-order valence-corrected chi connectivity index (χ2v) is 8.63. The van der Waals surface area contributed by atoms with E-state index in [4.69, 9.17) is 22.1 Å². The number of nitrogens with two attached hydrogens (primary N) is 1. The first-order valence-electron chi connectivity index (χ1n) is 7.91. The van der Waals surface area contributed by atoms with E-state index in [-0.39, 0.29) is 18.3 Å². The monoisotopic (exact) mass is 388 g/mol. The van der Waals surface area contributed by atoms with Crippen LogP contribution in [0.2, 0.25) is 0 Å². The van der Waals surface area contributed by atoms with Crippen molar-refractivity contribution in [1.29, 1.82) is 0 Å². The highest BCUT2D eigenvalue weighted by Gasteiger charge is 2.43. The zero-order valence-corrected chi connectivity index (χ0v) is 14.8. The summed E-state index contributed by atoms with van der Waals surface area (Å²) >= 11 is 6.12. The van der Waals surface area contributed by atoms with Crippen molar-refractivity contribution in [2.45, 2.75) is 43.3 Å². The lowest BCUT2D eigenvalue weighted by Crippen LogP contribution is -2.16. The first kappa shape index (κ1) is 17.0. The Hall–Kier alpha value is -1.45. The van der Waals surface area contributed by atoms with E-state index in [0.717, 1.165) is 12.8 Å². The van der Waals surface area contributed by atoms with Crippen molar-refractivity contribution in [3.63, 3.8) is 0 Å². The van der Waals surface area contributed by atoms with E-state index in [1.165, 1.54) is 0 Å². The first-order valence-corrected chi connectivity index (χ1v) is 10.0. The molecular formula is C13H18ClN6O4P. The molecule has 0 aromatic carbocycles. The van der Waals surface area contributed by atoms with Crippen LogP contribution in [0.3, 0.4) is 0 Å². The van der Waals surface area contributed by atoms with Gasteiger partial charge in [-0.05, 0) is 19.3 Å². The molecule has 0 unspecified atom stereocenters. The van der Waals surface area contributed by atoms with Crippen LogP contribution in [0.4, 0.5) is 11.8 Å². The minimum absolute atomic E-state index is 0.135. The van der Waals surface area contributed by atoms with Crippen LogP contribution in [-0.2, 0) is 15.8 Å². The Labute approximate surface area is 147 Å². The first-order chi connectivity index (χ1) is 11.8. The molecule has 5 N–H and O–H groups in total. The van der Waals surface area contributed by atoms with Crippen molar-refractivity contribution in [3.05, 3.63) is 6.33 Å². The van der Waals surface area contributed by atoms with Gasteiger partial charge in [-0.15, -0.1) is 0 Å². The van der Waals surface area contributed by atoms with Crippen molar-refractivity contribution in [3.8, 4) is 0 Å². The molecule has 10 nitrogen and oxygen atoms in total. The van der Waals surface area contributed by atoms with Gasteiger partial charge in [0.1, 0.15) is 5.56 Å². The van der Waals surface area contributed by atoms with Gasteiger partial charge in [0.2, 0.25) is 5.95 Å². The third-order valence-corrected chi connectivity index (χ3v) is 5.91. The lowest BCUT2D eigenvalue weighted by molar-refractivity contribution is 0.107. The number of nitrogen functional groups attached to an aromatic ring is 1. The Morgan fingerprint density at radius 3 is 2.84 bits per heavy atom. The minimum Gasteiger partial charge on any atom is -0.368 e. The lowest BCUT2D eigenvalue weighted by atomic mass is 10.1. The van der Waals surface area contributed by atoms with E-state index in [1.54, 1.807) is 10.9 Å². The molecular weight excluding hydrogens is 371 g/mol. The molecule has 2 aliphatic rings. The van der Waals surface area contributed by atoms with Crippen LogP contribution >= 0.6 is 19.2 Å². The number of nitrogens with one attached hydrogen (secondary N) is 1. The number of hydrogen-bond acceptors (Lipinski definition) is 7. The molecule has 136 valence electrons. The smallest absolute Gasteiger partial charge is 0.354 e. The van der Waals surface area contributed by atoms with Crippen molar-refractivity contribution in [1.82, 2.24) is 19.5 Å². The van der Waals surface area contributed by atoms with E-state index < -0.39 is 19.0 Å². The van der Waals surface area contributed by atoms with Crippen molar-refractivity contribution in [2.24, 2.45) is 5.92 Å². The maximum Gasteiger partial charge on any atom is 0.354 e. The van der Waals surface area contributed by atoms with Gasteiger partial charge in [-0.25, -0.2) is 4.98 Å². The summed E-state index contributed by atoms with van der Waals surface area (Å²) in [6.07, 6.45) is 3.93. The minimum atomic E-state index is -4.34. The Morgan fingerprint density at radius 2 is 2.20 bits per heavy atom. The van der Waals surface area contributed by atoms with Crippen LogP contribution < -0.4 is 11.1 Å². The zero-order chi connectivity index (χ0) is 17.8. The van der Waals surface area contributed by atoms with Gasteiger partial charge < -0.3 is 30.1 Å². The Bertz CT molecular complexity index is 852. The van der Waals surface area contributed by atoms with Crippen molar-refractivity contribution in [2.75, 3.05) is 11.1 Å². The summed E-state index contributed by atoms with van der Waals surface area (Å²) in [6, 6.07) is 0.391. The molecule has 1 aliphatic carbocycles. The van der Waals surface area contributed by atoms with Gasteiger partial charge in [0.15, 0.2) is 22.8 Å². The molecule has 12 heteroatoms. The highest BCUT2D eigenvalue weighted by molar-refractivity contribution is 7.52. The fraction of sp³-hybridized carbons (Fsp3) is 0.615. The van der Waals surface area contributed by atoms with Crippen molar-refractivity contribution >= 4 is 42.1 Å². The Kier molecular flexibility index (Phi) is 4.12. The van der Waals surface area contributed by atoms with Crippen LogP contribution in [0.5, 0.6) is 0 Å². The van der Waals surface area contributed by atoms with Gasteiger partial charge in [0.05, 0.1) is 6.33 Å². The lowest BCUT2D eigenvalue weighted by Gasteiger charge is -2.13. The molecule has 0 spiro atoms. The maximum absolute atomic E-state index is 11.4. The van der Waals surface area contributed by atoms with Gasteiger partial charge >= 0.3 is 7.60 Å². The highest BCUT2D eigenvalue weighted by Crippen LogP contribution is 2.50. The molecule has 3 heterocycles. The third kappa shape index (κ3) is 3.45. The van der Waals surface area contributed by atoms with Gasteiger partial charge in [-0.1, -0.05) is 11.6 Å². The molecule has 25 heavy (non-hydrogen) atoms. The number of hydrogen-bond donors (Lipinski definition) is 4. The third-order valence-electron chi connectivity index (χ3n) is 4.37. The quantitative estimate of drug-likeness (QED) is 0.436. The van der Waals surface area contributed by atoms with E-state index in [9.17, 15) is 14.4 Å². The Morgan fingerprint density at radius 1 is 1.44 bits per heavy atom. The van der Waals surface area contributed by atoms with E-state index in [1.807, 2.05) is 0 Å². The molecule has 2 fully saturated rings. The molecule has 2 aromatic heterocycles. The molecule has 2 aromatic rings. The van der Waals surface area contributed by atoms with Crippen LogP contribution in [0.25, 0.3) is 11.2 Å². The summed E-state index contributed by atoms with van der Waals surface area (Å²) in [5.41, 5.74) is 6.18. The van der Waals surface area contributed by atoms with E-state index in [0.29, 0.717) is 29.6 Å². The summed E-state index contributed by atoms with van der Waals surface area (Å²) < 4.78 is 18.4. The molecule has 1 aliphatic heterocycles. The summed E-state index contributed by atoms with van der Waals surface area (Å²) in [5.74, 6) is -0.730. The fourth-order valence-corrected chi connectivity index (χ4v) is 4.14. The number of fused-ring (bicyclic) bond motifs is 1. The topological polar surface area (TPSA) is 148 Å². The molecule has 3 atom stereocenters. The number of halogens is 1. The summed E-state index contributed by atoms with van der Waals surface area (Å²) in [7, 11) is -4.34. The molecule has 0 bridgehead atoms. The van der Waals surface area contributed by atoms with Gasteiger partial charge in [-0.2, -0.15) is 9.97 Å². The highest BCUT2D eigenvalue weighted by atomic mass is 35.5. The zero-order valence-electron chi connectivity index (χ0n) is 13.1. The largest absolute Gasteiger partial charge is 0.368 e. The predicted octanol–water partition coefficient (Wildman–Crippen LogP) is 1.09. The second kappa shape index (κ2) is 6.07. The van der Waals surface area contributed by atoms with Crippen LogP contribution in [-0.4, -0.2) is 46.8 Å².